The maximum atomic E-state index is 6.12. The molecule has 2 nitrogen and oxygen atoms in total. The molecule has 0 bridgehead atoms. The molecule has 0 spiro atoms. The molecule has 0 aromatic heterocycles. The molecule has 0 aliphatic rings. The van der Waals surface area contributed by atoms with Crippen molar-refractivity contribution in [1.29, 1.82) is 0 Å². The zero-order valence-electron chi connectivity index (χ0n) is 10.3. The van der Waals surface area contributed by atoms with Gasteiger partial charge in [0.2, 0.25) is 0 Å². The molecule has 0 amide bonds. The lowest BCUT2D eigenvalue weighted by Gasteiger charge is -2.12. The Morgan fingerprint density at radius 1 is 1.06 bits per heavy atom. The summed E-state index contributed by atoms with van der Waals surface area (Å²) in [6.07, 6.45) is 0. The number of hydrogen-bond donors (Lipinski definition) is 1. The first-order chi connectivity index (χ1) is 8.77. The summed E-state index contributed by atoms with van der Waals surface area (Å²) in [6, 6.07) is 15.6. The van der Waals surface area contributed by atoms with Crippen LogP contribution >= 0.6 is 11.6 Å². The zero-order valence-corrected chi connectivity index (χ0v) is 11.1. The normalized spacial score (nSPS) is 10.1. The second kappa shape index (κ2) is 6.31. The standard InChI is InChI=1S/C15H16ClNO/c1-12-6-5-9-14(16)15(12)17-10-11-18-13-7-3-2-4-8-13/h2-9,17H,10-11H2,1H3. The minimum Gasteiger partial charge on any atom is -0.492 e. The number of para-hydroxylation sites is 2. The van der Waals surface area contributed by atoms with Crippen molar-refractivity contribution in [2.45, 2.75) is 6.92 Å². The van der Waals surface area contributed by atoms with Gasteiger partial charge in [0.25, 0.3) is 0 Å². The topological polar surface area (TPSA) is 21.3 Å². The molecule has 94 valence electrons. The number of nitrogens with one attached hydrogen (secondary N) is 1. The van der Waals surface area contributed by atoms with Crippen molar-refractivity contribution in [3.63, 3.8) is 0 Å². The Morgan fingerprint density at radius 3 is 2.56 bits per heavy atom. The highest BCUT2D eigenvalue weighted by atomic mass is 35.5. The Balaban J connectivity index is 1.82. The highest BCUT2D eigenvalue weighted by molar-refractivity contribution is 6.33. The predicted octanol–water partition coefficient (Wildman–Crippen LogP) is 4.14. The first kappa shape index (κ1) is 12.8. The molecule has 2 rings (SSSR count). The third-order valence-electron chi connectivity index (χ3n) is 2.64. The molecular weight excluding hydrogens is 246 g/mol. The molecule has 2 aromatic carbocycles. The van der Waals surface area contributed by atoms with Crippen LogP contribution in [0.25, 0.3) is 0 Å². The van der Waals surface area contributed by atoms with Crippen LogP contribution in [0.1, 0.15) is 5.56 Å². The predicted molar refractivity (Wildman–Crippen MR) is 76.6 cm³/mol. The Morgan fingerprint density at radius 2 is 1.83 bits per heavy atom. The number of anilines is 1. The summed E-state index contributed by atoms with van der Waals surface area (Å²) >= 11 is 6.12. The van der Waals surface area contributed by atoms with E-state index in [2.05, 4.69) is 5.32 Å². The number of rotatable bonds is 5. The second-order valence-electron chi connectivity index (χ2n) is 4.02. The van der Waals surface area contributed by atoms with Gasteiger partial charge in [-0.05, 0) is 30.7 Å². The fraction of sp³-hybridized carbons (Fsp3) is 0.200. The Hall–Kier alpha value is -1.67. The van der Waals surface area contributed by atoms with Gasteiger partial charge >= 0.3 is 0 Å². The molecule has 0 aliphatic heterocycles. The van der Waals surface area contributed by atoms with Gasteiger partial charge < -0.3 is 10.1 Å². The first-order valence-electron chi connectivity index (χ1n) is 5.94. The van der Waals surface area contributed by atoms with Gasteiger partial charge in [0.15, 0.2) is 0 Å². The van der Waals surface area contributed by atoms with E-state index in [9.17, 15) is 0 Å². The van der Waals surface area contributed by atoms with Gasteiger partial charge in [-0.2, -0.15) is 0 Å². The summed E-state index contributed by atoms with van der Waals surface area (Å²) in [5, 5.41) is 4.04. The molecule has 0 fully saturated rings. The molecule has 2 aromatic rings. The summed E-state index contributed by atoms with van der Waals surface area (Å²) in [4.78, 5) is 0. The maximum absolute atomic E-state index is 6.12. The molecule has 0 saturated carbocycles. The molecule has 18 heavy (non-hydrogen) atoms. The van der Waals surface area contributed by atoms with Crippen LogP contribution in [0.4, 0.5) is 5.69 Å². The minimum atomic E-state index is 0.606. The van der Waals surface area contributed by atoms with Crippen molar-refractivity contribution < 1.29 is 4.74 Å². The summed E-state index contributed by atoms with van der Waals surface area (Å²) < 4.78 is 5.60. The van der Waals surface area contributed by atoms with Crippen molar-refractivity contribution in [2.24, 2.45) is 0 Å². The van der Waals surface area contributed by atoms with E-state index in [4.69, 9.17) is 16.3 Å². The average Bonchev–Trinajstić information content (AvgIpc) is 2.38. The fourth-order valence-corrected chi connectivity index (χ4v) is 2.01. The molecule has 0 unspecified atom stereocenters. The van der Waals surface area contributed by atoms with Crippen LogP contribution in [0.2, 0.25) is 5.02 Å². The van der Waals surface area contributed by atoms with Gasteiger partial charge in [0.05, 0.1) is 10.7 Å². The first-order valence-corrected chi connectivity index (χ1v) is 6.32. The summed E-state index contributed by atoms with van der Waals surface area (Å²) in [5.41, 5.74) is 2.12. The van der Waals surface area contributed by atoms with Crippen LogP contribution in [0.3, 0.4) is 0 Å². The quantitative estimate of drug-likeness (QED) is 0.817. The van der Waals surface area contributed by atoms with Crippen LogP contribution in [0.5, 0.6) is 5.75 Å². The number of halogens is 1. The third-order valence-corrected chi connectivity index (χ3v) is 2.95. The van der Waals surface area contributed by atoms with Gasteiger partial charge in [-0.25, -0.2) is 0 Å². The molecule has 1 N–H and O–H groups in total. The third kappa shape index (κ3) is 3.41. The van der Waals surface area contributed by atoms with E-state index in [0.29, 0.717) is 6.61 Å². The van der Waals surface area contributed by atoms with Crippen molar-refractivity contribution in [1.82, 2.24) is 0 Å². The lowest BCUT2D eigenvalue weighted by molar-refractivity contribution is 0.333. The van der Waals surface area contributed by atoms with E-state index in [-0.39, 0.29) is 0 Å². The highest BCUT2D eigenvalue weighted by Gasteiger charge is 2.02. The molecule has 3 heteroatoms. The SMILES string of the molecule is Cc1cccc(Cl)c1NCCOc1ccccc1. The van der Waals surface area contributed by atoms with Gasteiger partial charge in [-0.1, -0.05) is 41.9 Å². The van der Waals surface area contributed by atoms with E-state index >= 15 is 0 Å². The Bertz CT molecular complexity index is 479. The molecule has 0 atom stereocenters. The van der Waals surface area contributed by atoms with Crippen LogP contribution in [0, 0.1) is 6.92 Å². The lowest BCUT2D eigenvalue weighted by Crippen LogP contribution is -2.12. The smallest absolute Gasteiger partial charge is 0.119 e. The van der Waals surface area contributed by atoms with Crippen LogP contribution in [-0.4, -0.2) is 13.2 Å². The van der Waals surface area contributed by atoms with Crippen molar-refractivity contribution in [2.75, 3.05) is 18.5 Å². The van der Waals surface area contributed by atoms with E-state index < -0.39 is 0 Å². The molecule has 0 radical (unpaired) electrons. The van der Waals surface area contributed by atoms with Crippen molar-refractivity contribution in [3.05, 3.63) is 59.1 Å². The Labute approximate surface area is 113 Å². The number of aryl methyl sites for hydroxylation is 1. The minimum absolute atomic E-state index is 0.606. The molecule has 0 saturated heterocycles. The van der Waals surface area contributed by atoms with Gasteiger partial charge in [0.1, 0.15) is 12.4 Å². The van der Waals surface area contributed by atoms with Gasteiger partial charge in [-0.3, -0.25) is 0 Å². The van der Waals surface area contributed by atoms with Gasteiger partial charge in [-0.15, -0.1) is 0 Å². The largest absolute Gasteiger partial charge is 0.492 e. The lowest BCUT2D eigenvalue weighted by atomic mass is 10.2. The summed E-state index contributed by atoms with van der Waals surface area (Å²) in [6.45, 7) is 3.36. The highest BCUT2D eigenvalue weighted by Crippen LogP contribution is 2.24. The van der Waals surface area contributed by atoms with Gasteiger partial charge in [0, 0.05) is 6.54 Å². The van der Waals surface area contributed by atoms with Crippen molar-refractivity contribution in [3.8, 4) is 5.75 Å². The van der Waals surface area contributed by atoms with Crippen molar-refractivity contribution >= 4 is 17.3 Å². The molecule has 0 aliphatic carbocycles. The number of benzene rings is 2. The fourth-order valence-electron chi connectivity index (χ4n) is 1.72. The van der Waals surface area contributed by atoms with Crippen LogP contribution < -0.4 is 10.1 Å². The van der Waals surface area contributed by atoms with E-state index in [1.165, 1.54) is 0 Å². The van der Waals surface area contributed by atoms with E-state index in [1.807, 2.05) is 55.5 Å². The maximum Gasteiger partial charge on any atom is 0.119 e. The number of hydrogen-bond acceptors (Lipinski definition) is 2. The average molecular weight is 262 g/mol. The van der Waals surface area contributed by atoms with Crippen LogP contribution in [-0.2, 0) is 0 Å². The summed E-state index contributed by atoms with van der Waals surface area (Å²) in [5.74, 6) is 0.884. The second-order valence-corrected chi connectivity index (χ2v) is 4.43. The molecular formula is C15H16ClNO. The number of ether oxygens (including phenoxy) is 1. The Kier molecular flexibility index (Phi) is 4.48. The monoisotopic (exact) mass is 261 g/mol. The zero-order chi connectivity index (χ0) is 12.8. The van der Waals surface area contributed by atoms with E-state index in [1.54, 1.807) is 0 Å². The molecule has 0 heterocycles. The van der Waals surface area contributed by atoms with E-state index in [0.717, 1.165) is 28.6 Å². The van der Waals surface area contributed by atoms with Crippen LogP contribution in [0.15, 0.2) is 48.5 Å². The summed E-state index contributed by atoms with van der Waals surface area (Å²) in [7, 11) is 0.